The molecule has 13 rings (SSSR count). The van der Waals surface area contributed by atoms with Crippen LogP contribution < -0.4 is 31.1 Å². The predicted molar refractivity (Wildman–Crippen MR) is 332 cm³/mol. The Kier molecular flexibility index (Phi) is 11.2. The second-order valence-corrected chi connectivity index (χ2v) is 28.4. The fourth-order valence-corrected chi connectivity index (χ4v) is 16.0. The molecule has 0 radical (unpaired) electrons. The second kappa shape index (κ2) is 17.1. The van der Waals surface area contributed by atoms with Gasteiger partial charge in [-0.2, -0.15) is 0 Å². The number of rotatable bonds is 4. The van der Waals surface area contributed by atoms with E-state index in [2.05, 4.69) is 256 Å². The maximum Gasteiger partial charge on any atom is 0.252 e. The van der Waals surface area contributed by atoms with Crippen molar-refractivity contribution in [1.82, 2.24) is 0 Å². The van der Waals surface area contributed by atoms with E-state index in [0.29, 0.717) is 0 Å². The second-order valence-electron chi connectivity index (χ2n) is 28.4. The zero-order valence-electron chi connectivity index (χ0n) is 48.7. The van der Waals surface area contributed by atoms with Crippen LogP contribution >= 0.6 is 0 Å². The van der Waals surface area contributed by atoms with Crippen LogP contribution in [0.5, 0.6) is 0 Å². The van der Waals surface area contributed by atoms with Crippen LogP contribution in [0.2, 0.25) is 0 Å². The highest BCUT2D eigenvalue weighted by Gasteiger charge is 2.58. The molecule has 77 heavy (non-hydrogen) atoms. The van der Waals surface area contributed by atoms with E-state index in [-0.39, 0.29) is 44.7 Å². The monoisotopic (exact) mass is 1010 g/mol. The maximum absolute atomic E-state index is 2.81. The highest BCUT2D eigenvalue weighted by molar-refractivity contribution is 7.00. The molecule has 3 aliphatic carbocycles. The third-order valence-electron chi connectivity index (χ3n) is 21.0. The highest BCUT2D eigenvalue weighted by Crippen LogP contribution is 2.65. The smallest absolute Gasteiger partial charge is 0.252 e. The molecule has 4 heteroatoms. The summed E-state index contributed by atoms with van der Waals surface area (Å²) in [5, 5.41) is 0. The Balaban J connectivity index is 1.12. The summed E-state index contributed by atoms with van der Waals surface area (Å²) in [7, 11) is 0. The van der Waals surface area contributed by atoms with Gasteiger partial charge in [-0.1, -0.05) is 212 Å². The van der Waals surface area contributed by atoms with Gasteiger partial charge >= 0.3 is 0 Å². The van der Waals surface area contributed by atoms with E-state index < -0.39 is 0 Å². The summed E-state index contributed by atoms with van der Waals surface area (Å²) in [6.45, 7) is 31.5. The van der Waals surface area contributed by atoms with E-state index in [1.54, 1.807) is 5.56 Å². The van der Waals surface area contributed by atoms with Crippen molar-refractivity contribution >= 4 is 80.2 Å². The Morgan fingerprint density at radius 3 is 1.58 bits per heavy atom. The minimum Gasteiger partial charge on any atom is -0.334 e. The average Bonchev–Trinajstić information content (AvgIpc) is 3.92. The van der Waals surface area contributed by atoms with Gasteiger partial charge in [0.05, 0.1) is 5.54 Å². The predicted octanol–water partition coefficient (Wildman–Crippen LogP) is 18.2. The molecule has 4 atom stereocenters. The zero-order chi connectivity index (χ0) is 53.8. The van der Waals surface area contributed by atoms with Crippen molar-refractivity contribution < 1.29 is 0 Å². The molecule has 0 spiro atoms. The first-order valence-corrected chi connectivity index (χ1v) is 29.5. The number of para-hydroxylation sites is 1. The molecular weight excluding hydrogens is 930 g/mol. The average molecular weight is 1010 g/mol. The van der Waals surface area contributed by atoms with Gasteiger partial charge in [-0.05, 0) is 164 Å². The number of allylic oxidation sites excluding steroid dienone is 1. The quantitative estimate of drug-likeness (QED) is 0.163. The molecular formula is C73H82BN3. The molecule has 2 fully saturated rings. The summed E-state index contributed by atoms with van der Waals surface area (Å²) in [6, 6.07) is 58.3. The lowest BCUT2D eigenvalue weighted by atomic mass is 9.33. The molecule has 0 bridgehead atoms. The summed E-state index contributed by atoms with van der Waals surface area (Å²) in [5.41, 5.74) is 25.6. The van der Waals surface area contributed by atoms with Gasteiger partial charge in [-0.15, -0.1) is 0 Å². The zero-order valence-corrected chi connectivity index (χ0v) is 48.7. The first-order chi connectivity index (χ1) is 36.5. The van der Waals surface area contributed by atoms with Crippen LogP contribution in [-0.2, 0) is 27.1 Å². The van der Waals surface area contributed by atoms with Gasteiger partial charge in [-0.3, -0.25) is 0 Å². The van der Waals surface area contributed by atoms with Gasteiger partial charge in [0.25, 0.3) is 6.71 Å². The molecule has 7 aromatic rings. The van der Waals surface area contributed by atoms with Gasteiger partial charge in [0.2, 0.25) is 0 Å². The lowest BCUT2D eigenvalue weighted by molar-refractivity contribution is 0.195. The summed E-state index contributed by atoms with van der Waals surface area (Å²) in [6.07, 6.45) is 13.8. The lowest BCUT2D eigenvalue weighted by Crippen LogP contribution is -2.61. The first-order valence-electron chi connectivity index (χ1n) is 29.5. The standard InChI is InChI=1S/C73H82BN3/c1-67(2,3)49-28-33-52(34-29-49)75-62-38-32-51(69(7,8)9)45-60(62)74-59-37-27-48(43-58-55-23-15-16-24-56(55)70(10)39-19-14-20-40-71(58,70)11)44-63(59)76(53-35-30-50(31-36-53)68(4,5)6)65-47-54(46-64(75)66(65)74)77-61-26-18-17-25-57(61)72(12)41-21-22-42-73(72,77)13/h15-18,23-38,43-47H,14,19-22,39-42H2,1-13H3/b58-43+. The number of hydrogen-bond donors (Lipinski definition) is 0. The van der Waals surface area contributed by atoms with Crippen molar-refractivity contribution in [1.29, 1.82) is 0 Å². The van der Waals surface area contributed by atoms with Crippen LogP contribution in [0.15, 0.2) is 146 Å². The molecule has 0 aromatic heterocycles. The number of anilines is 8. The van der Waals surface area contributed by atoms with Crippen molar-refractivity contribution in [3.8, 4) is 0 Å². The van der Waals surface area contributed by atoms with Crippen molar-refractivity contribution in [2.75, 3.05) is 14.7 Å². The Bertz CT molecular complexity index is 3540. The van der Waals surface area contributed by atoms with Gasteiger partial charge in [-0.25, -0.2) is 0 Å². The molecule has 0 N–H and O–H groups in total. The Morgan fingerprint density at radius 1 is 0.416 bits per heavy atom. The number of benzene rings is 7. The van der Waals surface area contributed by atoms with Gasteiger partial charge in [0.1, 0.15) is 0 Å². The third kappa shape index (κ3) is 7.35. The highest BCUT2D eigenvalue weighted by atomic mass is 15.3. The molecule has 2 saturated carbocycles. The molecule has 0 saturated heterocycles. The fourth-order valence-electron chi connectivity index (χ4n) is 16.0. The van der Waals surface area contributed by atoms with Crippen LogP contribution in [0.3, 0.4) is 0 Å². The van der Waals surface area contributed by atoms with E-state index in [1.165, 1.54) is 152 Å². The maximum atomic E-state index is 2.81. The van der Waals surface area contributed by atoms with Crippen molar-refractivity contribution in [3.63, 3.8) is 0 Å². The van der Waals surface area contributed by atoms with Crippen molar-refractivity contribution in [2.45, 2.75) is 180 Å². The van der Waals surface area contributed by atoms with Crippen LogP contribution in [0, 0.1) is 5.41 Å². The van der Waals surface area contributed by atoms with E-state index in [1.807, 2.05) is 0 Å². The normalized spacial score (nSPS) is 24.9. The van der Waals surface area contributed by atoms with Crippen molar-refractivity contribution in [2.24, 2.45) is 5.41 Å². The van der Waals surface area contributed by atoms with Crippen LogP contribution in [0.1, 0.15) is 187 Å². The molecule has 3 aliphatic heterocycles. The van der Waals surface area contributed by atoms with E-state index in [0.717, 1.165) is 6.42 Å². The molecule has 6 aliphatic rings. The number of fused-ring (bicyclic) bond motifs is 10. The minimum absolute atomic E-state index is 0.00507. The molecule has 392 valence electrons. The molecule has 3 nitrogen and oxygen atoms in total. The van der Waals surface area contributed by atoms with Crippen molar-refractivity contribution in [3.05, 3.63) is 185 Å². The molecule has 7 aromatic carbocycles. The SMILES string of the molecule is CC(C)(C)c1ccc(N2c3ccc(C(C)(C)C)cc3B3c4ccc(/C=C5\c6ccccc6C6(C)CCCCCC56C)cc4N(c4ccc(C(C)(C)C)cc4)c4cc(N5c6ccccc6C6(C)CCCCC56C)cc2c43)cc1. The third-order valence-corrected chi connectivity index (χ3v) is 21.0. The number of nitrogens with zero attached hydrogens (tertiary/aromatic N) is 3. The van der Waals surface area contributed by atoms with Gasteiger partial charge < -0.3 is 14.7 Å². The van der Waals surface area contributed by atoms with Crippen LogP contribution in [0.4, 0.5) is 45.5 Å². The Hall–Kier alpha value is -6.26. The van der Waals surface area contributed by atoms with E-state index >= 15 is 0 Å². The molecule has 4 unspecified atom stereocenters. The van der Waals surface area contributed by atoms with Gasteiger partial charge in [0.15, 0.2) is 0 Å². The van der Waals surface area contributed by atoms with Crippen LogP contribution in [0.25, 0.3) is 11.6 Å². The van der Waals surface area contributed by atoms with E-state index in [9.17, 15) is 0 Å². The minimum atomic E-state index is -0.117. The Morgan fingerprint density at radius 2 is 0.948 bits per heavy atom. The van der Waals surface area contributed by atoms with E-state index in [4.69, 9.17) is 0 Å². The summed E-state index contributed by atoms with van der Waals surface area (Å²) in [4.78, 5) is 8.14. The van der Waals surface area contributed by atoms with Gasteiger partial charge in [0, 0.05) is 61.7 Å². The summed E-state index contributed by atoms with van der Waals surface area (Å²) < 4.78 is 0. The lowest BCUT2D eigenvalue weighted by Gasteiger charge is -2.51. The van der Waals surface area contributed by atoms with Crippen LogP contribution in [-0.4, -0.2) is 12.3 Å². The summed E-state index contributed by atoms with van der Waals surface area (Å²) >= 11 is 0. The summed E-state index contributed by atoms with van der Waals surface area (Å²) in [5.74, 6) is 0. The first kappa shape index (κ1) is 50.3. The topological polar surface area (TPSA) is 9.72 Å². The Labute approximate surface area is 462 Å². The molecule has 3 heterocycles. The molecule has 0 amide bonds. The fraction of sp³-hybridized carbons (Fsp3) is 0.397. The largest absolute Gasteiger partial charge is 0.334 e. The number of hydrogen-bond acceptors (Lipinski definition) is 3.